The zero-order valence-corrected chi connectivity index (χ0v) is 12.5. The highest BCUT2D eigenvalue weighted by Gasteiger charge is 2.39. The van der Waals surface area contributed by atoms with E-state index in [2.05, 4.69) is 18.3 Å². The van der Waals surface area contributed by atoms with E-state index in [9.17, 15) is 0 Å². The molecule has 1 heterocycles. The summed E-state index contributed by atoms with van der Waals surface area (Å²) in [6, 6.07) is 9.69. The Labute approximate surface area is 124 Å². The molecule has 20 heavy (non-hydrogen) atoms. The Morgan fingerprint density at radius 1 is 1.40 bits per heavy atom. The quantitative estimate of drug-likeness (QED) is 0.847. The number of rotatable bonds is 1. The molecule has 1 fully saturated rings. The Balaban J connectivity index is 1.70. The summed E-state index contributed by atoms with van der Waals surface area (Å²) in [6.45, 7) is 2.34. The van der Waals surface area contributed by atoms with Crippen LogP contribution in [0.3, 0.4) is 0 Å². The second-order valence-electron chi connectivity index (χ2n) is 5.95. The number of nitriles is 1. The van der Waals surface area contributed by atoms with Crippen molar-refractivity contribution < 1.29 is 0 Å². The number of nitrogens with one attached hydrogen (secondary N) is 1. The lowest BCUT2D eigenvalue weighted by Crippen LogP contribution is -2.33. The lowest BCUT2D eigenvalue weighted by molar-refractivity contribution is 0.266. The minimum absolute atomic E-state index is 0.178. The molecule has 3 nitrogen and oxygen atoms in total. The van der Waals surface area contributed by atoms with Crippen LogP contribution >= 0.6 is 11.8 Å². The number of hydrogen-bond acceptors (Lipinski definition) is 4. The van der Waals surface area contributed by atoms with Crippen molar-refractivity contribution in [3.05, 3.63) is 29.8 Å². The van der Waals surface area contributed by atoms with E-state index in [1.54, 1.807) is 0 Å². The standard InChI is InChI=1S/C16H19N3S/c1-12-3-2-8-16(9-12)11-20-15(19-16)18-14-6-4-13(10-17)5-7-14/h4-7,12H,2-3,8-9,11H2,1H3,(H,18,19). The number of hydrogen-bond donors (Lipinski definition) is 1. The van der Waals surface area contributed by atoms with E-state index in [-0.39, 0.29) is 5.54 Å². The number of benzene rings is 1. The van der Waals surface area contributed by atoms with Crippen LogP contribution in [0.15, 0.2) is 29.3 Å². The molecular formula is C16H19N3S. The van der Waals surface area contributed by atoms with E-state index < -0.39 is 0 Å². The highest BCUT2D eigenvalue weighted by Crippen LogP contribution is 2.42. The molecule has 2 atom stereocenters. The van der Waals surface area contributed by atoms with E-state index >= 15 is 0 Å². The van der Waals surface area contributed by atoms with Crippen LogP contribution in [0.25, 0.3) is 0 Å². The molecule has 1 saturated carbocycles. The van der Waals surface area contributed by atoms with Crippen molar-refractivity contribution >= 4 is 22.6 Å². The molecule has 1 N–H and O–H groups in total. The SMILES string of the molecule is CC1CCCC2(CSC(Nc3ccc(C#N)cc3)=N2)C1. The number of nitrogens with zero attached hydrogens (tertiary/aromatic N) is 2. The molecule has 2 aliphatic rings. The van der Waals surface area contributed by atoms with Crippen LogP contribution in [0.5, 0.6) is 0 Å². The molecule has 1 aromatic carbocycles. The zero-order valence-electron chi connectivity index (χ0n) is 11.7. The number of aliphatic imine (C=N–C) groups is 1. The van der Waals surface area contributed by atoms with Crippen LogP contribution in [0.1, 0.15) is 38.2 Å². The lowest BCUT2D eigenvalue weighted by atomic mass is 9.78. The molecule has 1 aliphatic heterocycles. The van der Waals surface area contributed by atoms with Crippen LogP contribution in [-0.2, 0) is 0 Å². The van der Waals surface area contributed by atoms with Gasteiger partial charge in [0.25, 0.3) is 0 Å². The van der Waals surface area contributed by atoms with Crippen molar-refractivity contribution in [1.82, 2.24) is 0 Å². The minimum Gasteiger partial charge on any atom is -0.335 e. The summed E-state index contributed by atoms with van der Waals surface area (Å²) >= 11 is 1.83. The maximum atomic E-state index is 8.81. The fraction of sp³-hybridized carbons (Fsp3) is 0.500. The molecular weight excluding hydrogens is 266 g/mol. The summed E-state index contributed by atoms with van der Waals surface area (Å²) < 4.78 is 0. The third-order valence-electron chi connectivity index (χ3n) is 4.15. The second kappa shape index (κ2) is 5.49. The summed E-state index contributed by atoms with van der Waals surface area (Å²) in [6.07, 6.45) is 5.09. The van der Waals surface area contributed by atoms with Gasteiger partial charge in [0.05, 0.1) is 17.2 Å². The molecule has 4 heteroatoms. The van der Waals surface area contributed by atoms with Crippen molar-refractivity contribution in [2.75, 3.05) is 11.1 Å². The number of anilines is 1. The van der Waals surface area contributed by atoms with Crippen LogP contribution in [0, 0.1) is 17.2 Å². The molecule has 0 radical (unpaired) electrons. The summed E-state index contributed by atoms with van der Waals surface area (Å²) in [4.78, 5) is 4.97. The van der Waals surface area contributed by atoms with Crippen molar-refractivity contribution in [2.24, 2.45) is 10.9 Å². The van der Waals surface area contributed by atoms with Crippen LogP contribution in [0.2, 0.25) is 0 Å². The highest BCUT2D eigenvalue weighted by molar-refractivity contribution is 8.14. The third-order valence-corrected chi connectivity index (χ3v) is 5.30. The Hall–Kier alpha value is -1.47. The van der Waals surface area contributed by atoms with Gasteiger partial charge in [-0.05, 0) is 43.0 Å². The first-order chi connectivity index (χ1) is 9.69. The van der Waals surface area contributed by atoms with E-state index in [0.29, 0.717) is 5.56 Å². The molecule has 0 amide bonds. The monoisotopic (exact) mass is 285 g/mol. The fourth-order valence-corrected chi connectivity index (χ4v) is 4.34. The van der Waals surface area contributed by atoms with Gasteiger partial charge < -0.3 is 5.32 Å². The molecule has 1 spiro atoms. The van der Waals surface area contributed by atoms with Crippen LogP contribution in [-0.4, -0.2) is 16.5 Å². The number of thioether (sulfide) groups is 1. The van der Waals surface area contributed by atoms with Crippen LogP contribution < -0.4 is 5.32 Å². The predicted octanol–water partition coefficient (Wildman–Crippen LogP) is 4.02. The lowest BCUT2D eigenvalue weighted by Gasteiger charge is -2.33. The molecule has 2 unspecified atom stereocenters. The largest absolute Gasteiger partial charge is 0.335 e. The van der Waals surface area contributed by atoms with Gasteiger partial charge >= 0.3 is 0 Å². The Kier molecular flexibility index (Phi) is 3.71. The van der Waals surface area contributed by atoms with E-state index in [4.69, 9.17) is 10.3 Å². The van der Waals surface area contributed by atoms with Gasteiger partial charge in [-0.1, -0.05) is 31.5 Å². The average Bonchev–Trinajstić information content (AvgIpc) is 2.82. The van der Waals surface area contributed by atoms with Crippen LogP contribution in [0.4, 0.5) is 5.69 Å². The van der Waals surface area contributed by atoms with E-state index in [1.165, 1.54) is 25.7 Å². The van der Waals surface area contributed by atoms with Gasteiger partial charge in [0.1, 0.15) is 0 Å². The maximum absolute atomic E-state index is 8.81. The normalized spacial score (nSPS) is 29.0. The molecule has 0 aromatic heterocycles. The van der Waals surface area contributed by atoms with Crippen molar-refractivity contribution in [1.29, 1.82) is 5.26 Å². The molecule has 104 valence electrons. The second-order valence-corrected chi connectivity index (χ2v) is 6.91. The summed E-state index contributed by atoms with van der Waals surface area (Å²) in [5, 5.41) is 13.2. The summed E-state index contributed by atoms with van der Waals surface area (Å²) in [7, 11) is 0. The van der Waals surface area contributed by atoms with Crippen molar-refractivity contribution in [3.8, 4) is 6.07 Å². The van der Waals surface area contributed by atoms with Gasteiger partial charge in [-0.3, -0.25) is 4.99 Å². The van der Waals surface area contributed by atoms with Crippen molar-refractivity contribution in [2.45, 2.75) is 38.1 Å². The zero-order chi connectivity index (χ0) is 14.0. The first-order valence-electron chi connectivity index (χ1n) is 7.19. The number of amidine groups is 1. The average molecular weight is 285 g/mol. The highest BCUT2D eigenvalue weighted by atomic mass is 32.2. The maximum Gasteiger partial charge on any atom is 0.161 e. The fourth-order valence-electron chi connectivity index (χ4n) is 3.16. The molecule has 3 rings (SSSR count). The predicted molar refractivity (Wildman–Crippen MR) is 85.0 cm³/mol. The molecule has 0 bridgehead atoms. The first kappa shape index (κ1) is 13.5. The summed E-state index contributed by atoms with van der Waals surface area (Å²) in [5.74, 6) is 1.90. The van der Waals surface area contributed by atoms with Gasteiger partial charge in [0.15, 0.2) is 5.17 Å². The van der Waals surface area contributed by atoms with Crippen molar-refractivity contribution in [3.63, 3.8) is 0 Å². The summed E-state index contributed by atoms with van der Waals surface area (Å²) in [5.41, 5.74) is 1.88. The third kappa shape index (κ3) is 2.83. The smallest absolute Gasteiger partial charge is 0.161 e. The van der Waals surface area contributed by atoms with E-state index in [0.717, 1.165) is 22.5 Å². The Bertz CT molecular complexity index is 558. The molecule has 1 aromatic rings. The topological polar surface area (TPSA) is 48.2 Å². The molecule has 0 saturated heterocycles. The van der Waals surface area contributed by atoms with Gasteiger partial charge in [-0.15, -0.1) is 0 Å². The molecule has 1 aliphatic carbocycles. The van der Waals surface area contributed by atoms with Gasteiger partial charge in [-0.2, -0.15) is 5.26 Å². The Morgan fingerprint density at radius 2 is 2.20 bits per heavy atom. The van der Waals surface area contributed by atoms with E-state index in [1.807, 2.05) is 36.0 Å². The minimum atomic E-state index is 0.178. The first-order valence-corrected chi connectivity index (χ1v) is 8.18. The Morgan fingerprint density at radius 3 is 2.90 bits per heavy atom. The van der Waals surface area contributed by atoms with Gasteiger partial charge in [0.2, 0.25) is 0 Å². The van der Waals surface area contributed by atoms with Gasteiger partial charge in [0, 0.05) is 11.4 Å². The van der Waals surface area contributed by atoms with Gasteiger partial charge in [-0.25, -0.2) is 0 Å².